The van der Waals surface area contributed by atoms with Gasteiger partial charge in [-0.1, -0.05) is 43.7 Å². The van der Waals surface area contributed by atoms with Crippen LogP contribution in [0.5, 0.6) is 0 Å². The normalized spacial score (nSPS) is 26.2. The fraction of sp³-hybridized carbons (Fsp3) is 0.571. The van der Waals surface area contributed by atoms with Crippen LogP contribution in [-0.2, 0) is 0 Å². The Morgan fingerprint density at radius 3 is 2.86 bits per heavy atom. The zero-order valence-corrected chi connectivity index (χ0v) is 9.72. The maximum atomic E-state index is 3.73. The summed E-state index contributed by atoms with van der Waals surface area (Å²) in [4.78, 5) is 0. The second-order valence-corrected chi connectivity index (χ2v) is 4.91. The summed E-state index contributed by atoms with van der Waals surface area (Å²) in [5, 5.41) is 0. The van der Waals surface area contributed by atoms with Gasteiger partial charge in [0.2, 0.25) is 0 Å². The van der Waals surface area contributed by atoms with Gasteiger partial charge in [-0.05, 0) is 31.6 Å². The summed E-state index contributed by atoms with van der Waals surface area (Å²) in [6, 6.07) is 0. The second-order valence-electron chi connectivity index (χ2n) is 4.91. The third kappa shape index (κ3) is 2.60. The van der Waals surface area contributed by atoms with Crippen molar-refractivity contribution in [1.29, 1.82) is 0 Å². The lowest BCUT2D eigenvalue weighted by molar-refractivity contribution is 0.255. The highest BCUT2D eigenvalue weighted by Gasteiger charge is 2.30. The molecule has 1 rings (SSSR count). The van der Waals surface area contributed by atoms with Crippen LogP contribution in [0.15, 0.2) is 36.5 Å². The molecular weight excluding hydrogens is 168 g/mol. The quantitative estimate of drug-likeness (QED) is 0.575. The Balaban J connectivity index is 2.75. The van der Waals surface area contributed by atoms with Crippen LogP contribution in [-0.4, -0.2) is 0 Å². The molecule has 1 aliphatic rings. The van der Waals surface area contributed by atoms with Crippen LogP contribution in [0.2, 0.25) is 0 Å². The largest absolute Gasteiger partial charge is 0.103 e. The van der Waals surface area contributed by atoms with Crippen LogP contribution < -0.4 is 0 Å². The van der Waals surface area contributed by atoms with Gasteiger partial charge >= 0.3 is 0 Å². The lowest BCUT2D eigenvalue weighted by Crippen LogP contribution is -2.26. The molecule has 0 aromatic heterocycles. The molecule has 0 aromatic carbocycles. The molecule has 0 spiro atoms. The molecule has 0 aromatic rings. The number of rotatable bonds is 3. The molecule has 0 aliphatic heterocycles. The summed E-state index contributed by atoms with van der Waals surface area (Å²) < 4.78 is 0. The first kappa shape index (κ1) is 11.3. The average molecular weight is 190 g/mol. The monoisotopic (exact) mass is 190 g/mol. The first-order valence-electron chi connectivity index (χ1n) is 5.52. The lowest BCUT2D eigenvalue weighted by Gasteiger charge is -2.36. The van der Waals surface area contributed by atoms with E-state index in [-0.39, 0.29) is 0 Å². The molecule has 1 aliphatic carbocycles. The van der Waals surface area contributed by atoms with Crippen molar-refractivity contribution in [3.63, 3.8) is 0 Å². The average Bonchev–Trinajstić information content (AvgIpc) is 2.09. The van der Waals surface area contributed by atoms with Gasteiger partial charge in [-0.2, -0.15) is 0 Å². The summed E-state index contributed by atoms with van der Waals surface area (Å²) in [5.74, 6) is 0.621. The lowest BCUT2D eigenvalue weighted by atomic mass is 9.68. The van der Waals surface area contributed by atoms with Crippen LogP contribution in [0.1, 0.15) is 40.0 Å². The molecule has 0 radical (unpaired) electrons. The molecular formula is C14H22. The third-order valence-electron chi connectivity index (χ3n) is 3.22. The molecule has 0 amide bonds. The highest BCUT2D eigenvalue weighted by Crippen LogP contribution is 2.41. The summed E-state index contributed by atoms with van der Waals surface area (Å²) in [6.45, 7) is 10.7. The topological polar surface area (TPSA) is 0 Å². The number of hydrogen-bond acceptors (Lipinski definition) is 0. The third-order valence-corrected chi connectivity index (χ3v) is 3.22. The van der Waals surface area contributed by atoms with E-state index >= 15 is 0 Å². The van der Waals surface area contributed by atoms with Crippen LogP contribution in [0.25, 0.3) is 0 Å². The molecule has 0 bridgehead atoms. The maximum absolute atomic E-state index is 3.73. The van der Waals surface area contributed by atoms with Gasteiger partial charge in [0.05, 0.1) is 0 Å². The van der Waals surface area contributed by atoms with E-state index in [2.05, 4.69) is 45.6 Å². The Bertz CT molecular complexity index is 253. The van der Waals surface area contributed by atoms with Crippen molar-refractivity contribution in [2.24, 2.45) is 11.3 Å². The Hall–Kier alpha value is -0.780. The predicted molar refractivity (Wildman–Crippen MR) is 64.2 cm³/mol. The number of hydrogen-bond donors (Lipinski definition) is 0. The van der Waals surface area contributed by atoms with Gasteiger partial charge in [0, 0.05) is 5.92 Å². The summed E-state index contributed by atoms with van der Waals surface area (Å²) in [7, 11) is 0. The number of allylic oxidation sites excluding steroid dienone is 5. The smallest absolute Gasteiger partial charge is 0.00254 e. The van der Waals surface area contributed by atoms with Crippen LogP contribution in [0.4, 0.5) is 0 Å². The molecule has 0 saturated carbocycles. The molecule has 0 saturated heterocycles. The minimum Gasteiger partial charge on any atom is -0.103 e. The van der Waals surface area contributed by atoms with Gasteiger partial charge in [-0.15, -0.1) is 6.58 Å². The van der Waals surface area contributed by atoms with E-state index in [0.717, 1.165) is 6.42 Å². The molecule has 1 atom stereocenters. The van der Waals surface area contributed by atoms with E-state index < -0.39 is 0 Å². The van der Waals surface area contributed by atoms with Crippen molar-refractivity contribution in [1.82, 2.24) is 0 Å². The van der Waals surface area contributed by atoms with E-state index in [9.17, 15) is 0 Å². The summed E-state index contributed by atoms with van der Waals surface area (Å²) in [5.41, 5.74) is 1.96. The van der Waals surface area contributed by atoms with Gasteiger partial charge in [0.1, 0.15) is 0 Å². The zero-order valence-electron chi connectivity index (χ0n) is 9.72. The zero-order chi connectivity index (χ0) is 10.6. The first-order valence-corrected chi connectivity index (χ1v) is 5.52. The van der Waals surface area contributed by atoms with Crippen molar-refractivity contribution in [2.45, 2.75) is 40.0 Å². The predicted octanol–water partition coefficient (Wildman–Crippen LogP) is 4.50. The Kier molecular flexibility index (Phi) is 3.74. The molecule has 0 N–H and O–H groups in total. The first-order chi connectivity index (χ1) is 6.58. The van der Waals surface area contributed by atoms with E-state index in [1.807, 2.05) is 6.08 Å². The minimum atomic E-state index is 0.427. The van der Waals surface area contributed by atoms with Crippen molar-refractivity contribution in [3.8, 4) is 0 Å². The SMILES string of the molecule is C=CCC=CC1C(C)=CCCC1(C)C. The van der Waals surface area contributed by atoms with Gasteiger partial charge in [0.15, 0.2) is 0 Å². The van der Waals surface area contributed by atoms with Gasteiger partial charge in [-0.25, -0.2) is 0 Å². The molecule has 14 heavy (non-hydrogen) atoms. The van der Waals surface area contributed by atoms with Gasteiger partial charge in [0.25, 0.3) is 0 Å². The van der Waals surface area contributed by atoms with Crippen molar-refractivity contribution in [3.05, 3.63) is 36.5 Å². The fourth-order valence-electron chi connectivity index (χ4n) is 2.29. The molecule has 0 heteroatoms. The minimum absolute atomic E-state index is 0.427. The van der Waals surface area contributed by atoms with Crippen LogP contribution in [0.3, 0.4) is 0 Å². The van der Waals surface area contributed by atoms with Crippen LogP contribution >= 0.6 is 0 Å². The van der Waals surface area contributed by atoms with E-state index in [4.69, 9.17) is 0 Å². The standard InChI is InChI=1S/C14H22/c1-5-6-7-10-13-12(2)9-8-11-14(13,3)4/h5,7,9-10,13H,1,6,8,11H2,2-4H3. The van der Waals surface area contributed by atoms with Crippen LogP contribution in [0, 0.1) is 11.3 Å². The Morgan fingerprint density at radius 2 is 2.29 bits per heavy atom. The Labute approximate surface area is 88.4 Å². The highest BCUT2D eigenvalue weighted by atomic mass is 14.3. The van der Waals surface area contributed by atoms with Gasteiger partial charge < -0.3 is 0 Å². The van der Waals surface area contributed by atoms with E-state index in [1.165, 1.54) is 18.4 Å². The molecule has 78 valence electrons. The van der Waals surface area contributed by atoms with Crippen molar-refractivity contribution >= 4 is 0 Å². The molecule has 0 fully saturated rings. The molecule has 1 unspecified atom stereocenters. The second kappa shape index (κ2) is 4.63. The van der Waals surface area contributed by atoms with E-state index in [1.54, 1.807) is 0 Å². The molecule has 0 nitrogen and oxygen atoms in total. The van der Waals surface area contributed by atoms with Gasteiger partial charge in [-0.3, -0.25) is 0 Å². The van der Waals surface area contributed by atoms with Crippen molar-refractivity contribution < 1.29 is 0 Å². The highest BCUT2D eigenvalue weighted by molar-refractivity contribution is 5.18. The maximum Gasteiger partial charge on any atom is 0.00254 e. The summed E-state index contributed by atoms with van der Waals surface area (Å²) >= 11 is 0. The van der Waals surface area contributed by atoms with Crippen molar-refractivity contribution in [2.75, 3.05) is 0 Å². The Morgan fingerprint density at radius 1 is 1.57 bits per heavy atom. The molecule has 0 heterocycles. The summed E-state index contributed by atoms with van der Waals surface area (Å²) in [6.07, 6.45) is 12.5. The fourth-order valence-corrected chi connectivity index (χ4v) is 2.29. The van der Waals surface area contributed by atoms with E-state index in [0.29, 0.717) is 11.3 Å².